The fraction of sp³-hybridized carbons (Fsp3) is 0.292. The Labute approximate surface area is 185 Å². The van der Waals surface area contributed by atoms with Crippen molar-refractivity contribution in [2.24, 2.45) is 0 Å². The average molecular weight is 436 g/mol. The molecule has 2 aromatic carbocycles. The number of hydrogen-bond acceptors (Lipinski definition) is 5. The van der Waals surface area contributed by atoms with E-state index in [1.165, 1.54) is 18.5 Å². The zero-order chi connectivity index (χ0) is 22.5. The van der Waals surface area contributed by atoms with Gasteiger partial charge in [-0.05, 0) is 36.8 Å². The Hall–Kier alpha value is -3.68. The van der Waals surface area contributed by atoms with Crippen LogP contribution in [0.1, 0.15) is 34.2 Å². The highest BCUT2D eigenvalue weighted by atomic mass is 19.1. The first-order chi connectivity index (χ1) is 15.6. The summed E-state index contributed by atoms with van der Waals surface area (Å²) in [5.41, 5.74) is 2.10. The zero-order valence-electron chi connectivity index (χ0n) is 17.9. The number of anilines is 1. The Kier molecular flexibility index (Phi) is 6.49. The zero-order valence-corrected chi connectivity index (χ0v) is 17.9. The van der Waals surface area contributed by atoms with Gasteiger partial charge in [0.2, 0.25) is 0 Å². The third-order valence-corrected chi connectivity index (χ3v) is 5.48. The van der Waals surface area contributed by atoms with E-state index in [2.05, 4.69) is 15.2 Å². The topological polar surface area (TPSA) is 78.7 Å². The first-order valence-corrected chi connectivity index (χ1v) is 10.7. The molecular formula is C24H25FN4O3. The van der Waals surface area contributed by atoms with Gasteiger partial charge in [-0.3, -0.25) is 9.59 Å². The fourth-order valence-electron chi connectivity index (χ4n) is 3.78. The normalized spacial score (nSPS) is 13.8. The SMILES string of the molecule is CCCNC(=O)c1ncoc1-c1ccccc1C(=O)N1CCN(c2ccc(F)cc2)CC1. The van der Waals surface area contributed by atoms with E-state index in [9.17, 15) is 14.0 Å². The van der Waals surface area contributed by atoms with Crippen LogP contribution in [0, 0.1) is 5.82 Å². The number of halogens is 1. The highest BCUT2D eigenvalue weighted by molar-refractivity contribution is 6.04. The number of carbonyl (C=O) groups excluding carboxylic acids is 2. The minimum Gasteiger partial charge on any atom is -0.443 e. The molecule has 0 bridgehead atoms. The van der Waals surface area contributed by atoms with Crippen molar-refractivity contribution in [3.8, 4) is 11.3 Å². The molecule has 1 aliphatic heterocycles. The lowest BCUT2D eigenvalue weighted by molar-refractivity contribution is 0.0747. The Balaban J connectivity index is 1.51. The van der Waals surface area contributed by atoms with Crippen LogP contribution in [0.5, 0.6) is 0 Å². The van der Waals surface area contributed by atoms with E-state index >= 15 is 0 Å². The maximum Gasteiger partial charge on any atom is 0.273 e. The minimum absolute atomic E-state index is 0.129. The van der Waals surface area contributed by atoms with Gasteiger partial charge in [-0.2, -0.15) is 0 Å². The molecule has 166 valence electrons. The van der Waals surface area contributed by atoms with Crippen LogP contribution in [0.15, 0.2) is 59.3 Å². The quantitative estimate of drug-likeness (QED) is 0.639. The summed E-state index contributed by atoms with van der Waals surface area (Å²) in [6, 6.07) is 13.5. The van der Waals surface area contributed by atoms with Gasteiger partial charge >= 0.3 is 0 Å². The summed E-state index contributed by atoms with van der Waals surface area (Å²) in [7, 11) is 0. The lowest BCUT2D eigenvalue weighted by Gasteiger charge is -2.36. The molecule has 2 heterocycles. The van der Waals surface area contributed by atoms with E-state index in [1.54, 1.807) is 41.3 Å². The Bertz CT molecular complexity index is 1090. The van der Waals surface area contributed by atoms with Crippen LogP contribution < -0.4 is 10.2 Å². The molecule has 32 heavy (non-hydrogen) atoms. The molecule has 0 atom stereocenters. The van der Waals surface area contributed by atoms with Crippen molar-refractivity contribution in [3.63, 3.8) is 0 Å². The van der Waals surface area contributed by atoms with E-state index in [1.807, 2.05) is 6.92 Å². The first kappa shape index (κ1) is 21.5. The van der Waals surface area contributed by atoms with Gasteiger partial charge in [-0.15, -0.1) is 0 Å². The van der Waals surface area contributed by atoms with Crippen LogP contribution >= 0.6 is 0 Å². The number of nitrogens with zero attached hydrogens (tertiary/aromatic N) is 3. The van der Waals surface area contributed by atoms with Crippen LogP contribution in [0.2, 0.25) is 0 Å². The molecule has 1 aromatic heterocycles. The molecule has 3 aromatic rings. The van der Waals surface area contributed by atoms with E-state index < -0.39 is 0 Å². The molecule has 8 heteroatoms. The van der Waals surface area contributed by atoms with Crippen molar-refractivity contribution >= 4 is 17.5 Å². The molecule has 0 unspecified atom stereocenters. The maximum absolute atomic E-state index is 13.4. The number of nitrogens with one attached hydrogen (secondary N) is 1. The van der Waals surface area contributed by atoms with E-state index in [-0.39, 0.29) is 29.1 Å². The van der Waals surface area contributed by atoms with E-state index in [0.29, 0.717) is 43.9 Å². The molecule has 1 saturated heterocycles. The van der Waals surface area contributed by atoms with Gasteiger partial charge in [-0.25, -0.2) is 9.37 Å². The van der Waals surface area contributed by atoms with Crippen LogP contribution in [0.3, 0.4) is 0 Å². The maximum atomic E-state index is 13.4. The van der Waals surface area contributed by atoms with Gasteiger partial charge in [-0.1, -0.05) is 25.1 Å². The van der Waals surface area contributed by atoms with Crippen molar-refractivity contribution in [2.75, 3.05) is 37.6 Å². The second-order valence-corrected chi connectivity index (χ2v) is 7.59. The van der Waals surface area contributed by atoms with Crippen LogP contribution in [-0.4, -0.2) is 54.4 Å². The molecule has 1 aliphatic rings. The van der Waals surface area contributed by atoms with Crippen molar-refractivity contribution in [2.45, 2.75) is 13.3 Å². The number of aromatic nitrogens is 1. The standard InChI is InChI=1S/C24H25FN4O3/c1-2-11-26-23(30)21-22(32-16-27-21)19-5-3-4-6-20(19)24(31)29-14-12-28(13-15-29)18-9-7-17(25)8-10-18/h3-10,16H,2,11-15H2,1H3,(H,26,30). The molecule has 7 nitrogen and oxygen atoms in total. The molecule has 0 aliphatic carbocycles. The Morgan fingerprint density at radius 2 is 1.78 bits per heavy atom. The first-order valence-electron chi connectivity index (χ1n) is 10.7. The van der Waals surface area contributed by atoms with Gasteiger partial charge in [0.1, 0.15) is 5.82 Å². The van der Waals surface area contributed by atoms with Gasteiger partial charge < -0.3 is 19.5 Å². The van der Waals surface area contributed by atoms with Crippen LogP contribution in [-0.2, 0) is 0 Å². The van der Waals surface area contributed by atoms with Crippen LogP contribution in [0.25, 0.3) is 11.3 Å². The molecular weight excluding hydrogens is 411 g/mol. The second kappa shape index (κ2) is 9.64. The Morgan fingerprint density at radius 1 is 1.06 bits per heavy atom. The molecule has 0 saturated carbocycles. The predicted octanol–water partition coefficient (Wildman–Crippen LogP) is 3.58. The summed E-state index contributed by atoms with van der Waals surface area (Å²) in [5.74, 6) is -0.441. The number of hydrogen-bond donors (Lipinski definition) is 1. The highest BCUT2D eigenvalue weighted by Gasteiger charge is 2.27. The number of benzene rings is 2. The van der Waals surface area contributed by atoms with Crippen LogP contribution in [0.4, 0.5) is 10.1 Å². The van der Waals surface area contributed by atoms with E-state index in [0.717, 1.165) is 12.1 Å². The third kappa shape index (κ3) is 4.49. The molecule has 1 N–H and O–H groups in total. The van der Waals surface area contributed by atoms with Crippen molar-refractivity contribution in [3.05, 3.63) is 72.0 Å². The monoisotopic (exact) mass is 436 g/mol. The summed E-state index contributed by atoms with van der Waals surface area (Å²) in [5, 5.41) is 2.80. The summed E-state index contributed by atoms with van der Waals surface area (Å²) in [4.78, 5) is 33.8. The average Bonchev–Trinajstić information content (AvgIpc) is 3.33. The van der Waals surface area contributed by atoms with Crippen molar-refractivity contribution in [1.29, 1.82) is 0 Å². The van der Waals surface area contributed by atoms with E-state index in [4.69, 9.17) is 4.42 Å². The number of carbonyl (C=O) groups is 2. The third-order valence-electron chi connectivity index (χ3n) is 5.48. The van der Waals surface area contributed by atoms with Gasteiger partial charge in [0.25, 0.3) is 11.8 Å². The van der Waals surface area contributed by atoms with Crippen molar-refractivity contribution in [1.82, 2.24) is 15.2 Å². The predicted molar refractivity (Wildman–Crippen MR) is 119 cm³/mol. The fourth-order valence-corrected chi connectivity index (χ4v) is 3.78. The minimum atomic E-state index is -0.328. The van der Waals surface area contributed by atoms with Gasteiger partial charge in [0, 0.05) is 44.0 Å². The second-order valence-electron chi connectivity index (χ2n) is 7.59. The van der Waals surface area contributed by atoms with Gasteiger partial charge in [0.15, 0.2) is 17.8 Å². The molecule has 0 spiro atoms. The summed E-state index contributed by atoms with van der Waals surface area (Å²) in [6.45, 7) is 4.85. The smallest absolute Gasteiger partial charge is 0.273 e. The van der Waals surface area contributed by atoms with Gasteiger partial charge in [0.05, 0.1) is 5.56 Å². The lowest BCUT2D eigenvalue weighted by atomic mass is 10.0. The Morgan fingerprint density at radius 3 is 2.50 bits per heavy atom. The lowest BCUT2D eigenvalue weighted by Crippen LogP contribution is -2.48. The number of amides is 2. The highest BCUT2D eigenvalue weighted by Crippen LogP contribution is 2.28. The molecule has 1 fully saturated rings. The molecule has 0 radical (unpaired) electrons. The molecule has 4 rings (SSSR count). The largest absolute Gasteiger partial charge is 0.443 e. The number of piperazine rings is 1. The summed E-state index contributed by atoms with van der Waals surface area (Å²) >= 11 is 0. The van der Waals surface area contributed by atoms with Crippen molar-refractivity contribution < 1.29 is 18.4 Å². The number of oxazole rings is 1. The number of rotatable bonds is 6. The molecule has 2 amide bonds. The summed E-state index contributed by atoms with van der Waals surface area (Å²) in [6.07, 6.45) is 2.02. The summed E-state index contributed by atoms with van der Waals surface area (Å²) < 4.78 is 18.7.